The third kappa shape index (κ3) is 4.98. The lowest BCUT2D eigenvalue weighted by atomic mass is 9.72. The summed E-state index contributed by atoms with van der Waals surface area (Å²) in [6.45, 7) is 0.524. The fourth-order valence-corrected chi connectivity index (χ4v) is 4.64. The maximum atomic E-state index is 11.0. The van der Waals surface area contributed by atoms with Crippen LogP contribution in [0.5, 0.6) is 23.0 Å². The number of aromatic hydroxyl groups is 4. The van der Waals surface area contributed by atoms with Crippen molar-refractivity contribution < 1.29 is 25.5 Å². The topological polar surface area (TPSA) is 113 Å². The second-order valence-corrected chi connectivity index (χ2v) is 8.60. The molecule has 0 radical (unpaired) electrons. The summed E-state index contributed by atoms with van der Waals surface area (Å²) < 4.78 is 0. The highest BCUT2D eigenvalue weighted by molar-refractivity contribution is 5.41. The lowest BCUT2D eigenvalue weighted by molar-refractivity contribution is 0.0394. The Morgan fingerprint density at radius 2 is 1.34 bits per heavy atom. The Labute approximate surface area is 187 Å². The van der Waals surface area contributed by atoms with Gasteiger partial charge in [0.15, 0.2) is 23.0 Å². The second kappa shape index (κ2) is 9.51. The van der Waals surface area contributed by atoms with Crippen LogP contribution in [-0.2, 0) is 25.7 Å². The molecule has 0 heterocycles. The molecule has 0 amide bonds. The van der Waals surface area contributed by atoms with Crippen LogP contribution in [0.2, 0.25) is 0 Å². The van der Waals surface area contributed by atoms with Crippen LogP contribution in [0.25, 0.3) is 0 Å². The normalized spacial score (nSPS) is 18.8. The van der Waals surface area contributed by atoms with Crippen molar-refractivity contribution >= 4 is 0 Å². The van der Waals surface area contributed by atoms with Crippen molar-refractivity contribution in [1.29, 1.82) is 0 Å². The van der Waals surface area contributed by atoms with Gasteiger partial charge in [-0.3, -0.25) is 5.32 Å². The second-order valence-electron chi connectivity index (χ2n) is 8.60. The van der Waals surface area contributed by atoms with Gasteiger partial charge >= 0.3 is 0 Å². The molecule has 3 aromatic carbocycles. The molecule has 4 rings (SSSR count). The Hall–Kier alpha value is -3.22. The smallest absolute Gasteiger partial charge is 0.157 e. The standard InChI is InChI=1S/C26H29NO5/c28-22-7-5-16(12-24(22)30)9-10-27-26(32)21-15-19-4-2-1-3-18(19)14-20(21)11-17-6-8-23(29)25(31)13-17/h1-8,12-13,20-21,26-32H,9-11,14-15H2. The first-order valence-corrected chi connectivity index (χ1v) is 10.9. The molecule has 6 nitrogen and oxygen atoms in total. The van der Waals surface area contributed by atoms with E-state index < -0.39 is 6.23 Å². The van der Waals surface area contributed by atoms with Gasteiger partial charge in [-0.25, -0.2) is 0 Å². The summed E-state index contributed by atoms with van der Waals surface area (Å²) in [5, 5.41) is 52.9. The van der Waals surface area contributed by atoms with Crippen molar-refractivity contribution in [3.63, 3.8) is 0 Å². The lowest BCUT2D eigenvalue weighted by Crippen LogP contribution is -2.44. The first-order valence-electron chi connectivity index (χ1n) is 10.9. The van der Waals surface area contributed by atoms with E-state index in [1.165, 1.54) is 29.3 Å². The van der Waals surface area contributed by atoms with E-state index >= 15 is 0 Å². The van der Waals surface area contributed by atoms with Crippen LogP contribution in [-0.4, -0.2) is 38.3 Å². The van der Waals surface area contributed by atoms with Gasteiger partial charge in [-0.2, -0.15) is 0 Å². The molecule has 0 aliphatic heterocycles. The number of aliphatic hydroxyl groups excluding tert-OH is 1. The molecular weight excluding hydrogens is 406 g/mol. The zero-order valence-corrected chi connectivity index (χ0v) is 17.8. The molecule has 1 aliphatic rings. The minimum atomic E-state index is -0.718. The largest absolute Gasteiger partial charge is 0.504 e. The van der Waals surface area contributed by atoms with Crippen molar-refractivity contribution in [1.82, 2.24) is 5.32 Å². The summed E-state index contributed by atoms with van der Waals surface area (Å²) in [7, 11) is 0. The minimum absolute atomic E-state index is 0.0194. The molecule has 6 N–H and O–H groups in total. The van der Waals surface area contributed by atoms with Crippen LogP contribution >= 0.6 is 0 Å². The quantitative estimate of drug-likeness (QED) is 0.251. The number of phenols is 4. The fraction of sp³-hybridized carbons (Fsp3) is 0.308. The summed E-state index contributed by atoms with van der Waals surface area (Å²) in [6.07, 6.45) is 2.14. The van der Waals surface area contributed by atoms with Crippen molar-refractivity contribution in [3.8, 4) is 23.0 Å². The molecule has 0 saturated heterocycles. The molecule has 0 spiro atoms. The summed E-state index contributed by atoms with van der Waals surface area (Å²) in [5.41, 5.74) is 4.31. The van der Waals surface area contributed by atoms with E-state index in [1.807, 2.05) is 18.2 Å². The molecule has 1 aliphatic carbocycles. The SMILES string of the molecule is Oc1ccc(CCNC(O)C2Cc3ccccc3CC2Cc2ccc(O)c(O)c2)cc1O. The van der Waals surface area contributed by atoms with Gasteiger partial charge in [0.2, 0.25) is 0 Å². The molecule has 0 aromatic heterocycles. The number of aliphatic hydroxyl groups is 1. The van der Waals surface area contributed by atoms with Gasteiger partial charge in [0.1, 0.15) is 6.23 Å². The number of hydrogen-bond acceptors (Lipinski definition) is 6. The summed E-state index contributed by atoms with van der Waals surface area (Å²) in [5.74, 6) is -0.426. The molecular formula is C26H29NO5. The number of rotatable bonds is 7. The van der Waals surface area contributed by atoms with E-state index in [0.29, 0.717) is 19.4 Å². The molecule has 0 bridgehead atoms. The number of benzene rings is 3. The van der Waals surface area contributed by atoms with Crippen molar-refractivity contribution in [3.05, 3.63) is 82.9 Å². The highest BCUT2D eigenvalue weighted by Crippen LogP contribution is 2.35. The summed E-state index contributed by atoms with van der Waals surface area (Å²) in [4.78, 5) is 0. The number of hydrogen-bond donors (Lipinski definition) is 6. The van der Waals surface area contributed by atoms with E-state index in [-0.39, 0.29) is 34.8 Å². The van der Waals surface area contributed by atoms with Crippen LogP contribution < -0.4 is 5.32 Å². The van der Waals surface area contributed by atoms with Crippen LogP contribution in [0.1, 0.15) is 22.3 Å². The van der Waals surface area contributed by atoms with Crippen LogP contribution in [0.4, 0.5) is 0 Å². The highest BCUT2D eigenvalue weighted by atomic mass is 16.3. The van der Waals surface area contributed by atoms with Crippen molar-refractivity contribution in [2.45, 2.75) is 31.9 Å². The van der Waals surface area contributed by atoms with Gasteiger partial charge in [0.05, 0.1) is 0 Å². The molecule has 0 fully saturated rings. The monoisotopic (exact) mass is 435 g/mol. The van der Waals surface area contributed by atoms with Gasteiger partial charge in [-0.05, 0) is 78.1 Å². The number of phenolic OH excluding ortho intramolecular Hbond substituents is 4. The average molecular weight is 436 g/mol. The summed E-state index contributed by atoms with van der Waals surface area (Å²) >= 11 is 0. The highest BCUT2D eigenvalue weighted by Gasteiger charge is 2.33. The average Bonchev–Trinajstić information content (AvgIpc) is 2.78. The van der Waals surface area contributed by atoms with E-state index in [4.69, 9.17) is 0 Å². The zero-order valence-electron chi connectivity index (χ0n) is 17.8. The Kier molecular flexibility index (Phi) is 6.53. The maximum Gasteiger partial charge on any atom is 0.157 e. The molecule has 3 unspecified atom stereocenters. The zero-order chi connectivity index (χ0) is 22.7. The van der Waals surface area contributed by atoms with Crippen molar-refractivity contribution in [2.75, 3.05) is 6.54 Å². The molecule has 0 saturated carbocycles. The van der Waals surface area contributed by atoms with Gasteiger partial charge in [0.25, 0.3) is 0 Å². The van der Waals surface area contributed by atoms with E-state index in [1.54, 1.807) is 12.1 Å². The van der Waals surface area contributed by atoms with E-state index in [2.05, 4.69) is 17.4 Å². The predicted octanol–water partition coefficient (Wildman–Crippen LogP) is 3.23. The fourth-order valence-electron chi connectivity index (χ4n) is 4.64. The molecule has 3 atom stereocenters. The Morgan fingerprint density at radius 1 is 0.750 bits per heavy atom. The Morgan fingerprint density at radius 3 is 2.00 bits per heavy atom. The van der Waals surface area contributed by atoms with Gasteiger partial charge in [-0.1, -0.05) is 36.4 Å². The van der Waals surface area contributed by atoms with Gasteiger partial charge in [-0.15, -0.1) is 0 Å². The third-order valence-electron chi connectivity index (χ3n) is 6.41. The van der Waals surface area contributed by atoms with Crippen molar-refractivity contribution in [2.24, 2.45) is 11.8 Å². The van der Waals surface area contributed by atoms with E-state index in [0.717, 1.165) is 24.0 Å². The first kappa shape index (κ1) is 22.0. The third-order valence-corrected chi connectivity index (χ3v) is 6.41. The van der Waals surface area contributed by atoms with Crippen LogP contribution in [0.3, 0.4) is 0 Å². The minimum Gasteiger partial charge on any atom is -0.504 e. The first-order chi connectivity index (χ1) is 15.4. The lowest BCUT2D eigenvalue weighted by Gasteiger charge is -2.36. The van der Waals surface area contributed by atoms with Crippen LogP contribution in [0.15, 0.2) is 60.7 Å². The number of nitrogens with one attached hydrogen (secondary N) is 1. The molecule has 3 aromatic rings. The predicted molar refractivity (Wildman–Crippen MR) is 122 cm³/mol. The van der Waals surface area contributed by atoms with Gasteiger partial charge < -0.3 is 25.5 Å². The van der Waals surface area contributed by atoms with Crippen LogP contribution in [0, 0.1) is 11.8 Å². The number of fused-ring (bicyclic) bond motifs is 1. The Bertz CT molecular complexity index is 1080. The maximum absolute atomic E-state index is 11.0. The summed E-state index contributed by atoms with van der Waals surface area (Å²) in [6, 6.07) is 17.9. The molecule has 32 heavy (non-hydrogen) atoms. The Balaban J connectivity index is 1.46. The van der Waals surface area contributed by atoms with E-state index in [9.17, 15) is 25.5 Å². The molecule has 6 heteroatoms. The van der Waals surface area contributed by atoms with Gasteiger partial charge in [0, 0.05) is 12.5 Å². The molecule has 168 valence electrons.